The number of aryl methyl sites for hydroxylation is 2. The van der Waals surface area contributed by atoms with Crippen LogP contribution >= 0.6 is 27.5 Å². The zero-order valence-corrected chi connectivity index (χ0v) is 26.7. The van der Waals surface area contributed by atoms with Gasteiger partial charge in [0, 0.05) is 21.6 Å². The van der Waals surface area contributed by atoms with Crippen LogP contribution in [0.2, 0.25) is 5.02 Å². The van der Waals surface area contributed by atoms with Crippen molar-refractivity contribution in [1.29, 1.82) is 0 Å². The van der Waals surface area contributed by atoms with Crippen LogP contribution in [0.5, 0.6) is 0 Å². The molecule has 10 heteroatoms. The second kappa shape index (κ2) is 12.7. The lowest BCUT2D eigenvalue weighted by Crippen LogP contribution is -2.54. The molecule has 2 amide bonds. The maximum absolute atomic E-state index is 14.0. The number of rotatable bonds is 9. The third kappa shape index (κ3) is 8.08. The van der Waals surface area contributed by atoms with E-state index in [2.05, 4.69) is 21.2 Å². The summed E-state index contributed by atoms with van der Waals surface area (Å²) in [5.41, 5.74) is 2.09. The maximum Gasteiger partial charge on any atom is 0.264 e. The molecule has 3 aromatic carbocycles. The van der Waals surface area contributed by atoms with Crippen molar-refractivity contribution in [2.75, 3.05) is 10.8 Å². The molecule has 0 heterocycles. The number of anilines is 1. The van der Waals surface area contributed by atoms with Crippen LogP contribution in [0.3, 0.4) is 0 Å². The first-order valence-electron chi connectivity index (χ1n) is 12.8. The summed E-state index contributed by atoms with van der Waals surface area (Å²) in [5.74, 6) is -0.876. The molecule has 0 unspecified atom stereocenters. The summed E-state index contributed by atoms with van der Waals surface area (Å²) < 4.78 is 29.9. The Bertz CT molecular complexity index is 1470. The molecule has 0 saturated carbocycles. The minimum Gasteiger partial charge on any atom is -0.350 e. The van der Waals surface area contributed by atoms with Crippen molar-refractivity contribution in [3.8, 4) is 0 Å². The molecule has 0 radical (unpaired) electrons. The molecule has 0 aromatic heterocycles. The number of carbonyl (C=O) groups is 2. The van der Waals surface area contributed by atoms with Crippen molar-refractivity contribution in [1.82, 2.24) is 10.2 Å². The van der Waals surface area contributed by atoms with E-state index >= 15 is 0 Å². The number of hydrogen-bond donors (Lipinski definition) is 1. The van der Waals surface area contributed by atoms with Gasteiger partial charge in [0.1, 0.15) is 12.6 Å². The topological polar surface area (TPSA) is 86.8 Å². The quantitative estimate of drug-likeness (QED) is 0.297. The van der Waals surface area contributed by atoms with E-state index in [4.69, 9.17) is 11.6 Å². The minimum absolute atomic E-state index is 0.0447. The summed E-state index contributed by atoms with van der Waals surface area (Å²) >= 11 is 9.69. The van der Waals surface area contributed by atoms with E-state index in [-0.39, 0.29) is 23.0 Å². The Morgan fingerprint density at radius 3 is 2.15 bits per heavy atom. The fraction of sp³-hybridized carbons (Fsp3) is 0.333. The molecule has 0 aliphatic rings. The Balaban J connectivity index is 2.08. The lowest BCUT2D eigenvalue weighted by molar-refractivity contribution is -0.140. The SMILES string of the molecule is Cc1ccc(S(=O)(=O)N(CC(=O)N(Cc2ccc(Br)cc2)[C@@H](C)C(=O)NC(C)(C)C)c2cc(Cl)ccc2C)cc1. The number of benzene rings is 3. The highest BCUT2D eigenvalue weighted by Gasteiger charge is 2.34. The largest absolute Gasteiger partial charge is 0.350 e. The number of carbonyl (C=O) groups excluding carboxylic acids is 2. The van der Waals surface area contributed by atoms with Gasteiger partial charge in [0.15, 0.2) is 0 Å². The van der Waals surface area contributed by atoms with Gasteiger partial charge in [-0.1, -0.05) is 63.4 Å². The third-order valence-corrected chi connectivity index (χ3v) is 8.80. The van der Waals surface area contributed by atoms with Gasteiger partial charge in [0.2, 0.25) is 11.8 Å². The second-order valence-electron chi connectivity index (χ2n) is 10.8. The summed E-state index contributed by atoms with van der Waals surface area (Å²) in [4.78, 5) is 28.7. The zero-order valence-electron chi connectivity index (χ0n) is 23.5. The fourth-order valence-electron chi connectivity index (χ4n) is 4.05. The van der Waals surface area contributed by atoms with E-state index in [0.717, 1.165) is 19.9 Å². The number of amides is 2. The molecule has 3 aromatic rings. The van der Waals surface area contributed by atoms with Gasteiger partial charge >= 0.3 is 0 Å². The molecule has 0 aliphatic heterocycles. The van der Waals surface area contributed by atoms with Gasteiger partial charge in [-0.2, -0.15) is 0 Å². The van der Waals surface area contributed by atoms with E-state index in [0.29, 0.717) is 10.6 Å². The molecule has 7 nitrogen and oxygen atoms in total. The third-order valence-electron chi connectivity index (χ3n) is 6.26. The first-order chi connectivity index (χ1) is 18.6. The highest BCUT2D eigenvalue weighted by Crippen LogP contribution is 2.30. The number of sulfonamides is 1. The van der Waals surface area contributed by atoms with Gasteiger partial charge < -0.3 is 10.2 Å². The Morgan fingerprint density at radius 2 is 1.57 bits per heavy atom. The smallest absolute Gasteiger partial charge is 0.264 e. The van der Waals surface area contributed by atoms with Crippen LogP contribution in [0, 0.1) is 13.8 Å². The minimum atomic E-state index is -4.17. The van der Waals surface area contributed by atoms with E-state index in [9.17, 15) is 18.0 Å². The molecule has 40 heavy (non-hydrogen) atoms. The van der Waals surface area contributed by atoms with Crippen LogP contribution in [0.15, 0.2) is 76.1 Å². The summed E-state index contributed by atoms with van der Waals surface area (Å²) in [5, 5.41) is 3.26. The van der Waals surface area contributed by atoms with Gasteiger partial charge in [0.05, 0.1) is 10.6 Å². The van der Waals surface area contributed by atoms with Crippen molar-refractivity contribution in [3.05, 3.63) is 92.9 Å². The van der Waals surface area contributed by atoms with Gasteiger partial charge in [-0.05, 0) is 89.1 Å². The van der Waals surface area contributed by atoms with E-state index in [1.165, 1.54) is 23.1 Å². The summed E-state index contributed by atoms with van der Waals surface area (Å²) in [6.45, 7) is 10.4. The van der Waals surface area contributed by atoms with Gasteiger partial charge in [0.25, 0.3) is 10.0 Å². The Kier molecular flexibility index (Phi) is 10.1. The Hall–Kier alpha value is -2.88. The van der Waals surface area contributed by atoms with Crippen LogP contribution in [0.25, 0.3) is 0 Å². The number of hydrogen-bond acceptors (Lipinski definition) is 4. The van der Waals surface area contributed by atoms with Gasteiger partial charge in [-0.15, -0.1) is 0 Å². The lowest BCUT2D eigenvalue weighted by Gasteiger charge is -2.34. The van der Waals surface area contributed by atoms with Crippen LogP contribution in [0.4, 0.5) is 5.69 Å². The predicted molar refractivity (Wildman–Crippen MR) is 164 cm³/mol. The first-order valence-corrected chi connectivity index (χ1v) is 15.4. The average Bonchev–Trinajstić information content (AvgIpc) is 2.87. The predicted octanol–water partition coefficient (Wildman–Crippen LogP) is 6.25. The molecule has 1 atom stereocenters. The number of halogens is 2. The molecule has 0 spiro atoms. The molecule has 0 aliphatic carbocycles. The Morgan fingerprint density at radius 1 is 0.975 bits per heavy atom. The summed E-state index contributed by atoms with van der Waals surface area (Å²) in [7, 11) is -4.17. The fourth-order valence-corrected chi connectivity index (χ4v) is 5.95. The average molecular weight is 649 g/mol. The molecule has 3 rings (SSSR count). The lowest BCUT2D eigenvalue weighted by atomic mass is 10.1. The summed E-state index contributed by atoms with van der Waals surface area (Å²) in [6, 6.07) is 17.9. The van der Waals surface area contributed by atoms with E-state index in [1.807, 2.05) is 52.0 Å². The molecule has 1 N–H and O–H groups in total. The molecule has 0 fully saturated rings. The van der Waals surface area contributed by atoms with Gasteiger partial charge in [-0.25, -0.2) is 8.42 Å². The van der Waals surface area contributed by atoms with E-state index in [1.54, 1.807) is 38.1 Å². The van der Waals surface area contributed by atoms with Crippen LogP contribution in [-0.2, 0) is 26.2 Å². The van der Waals surface area contributed by atoms with Crippen LogP contribution < -0.4 is 9.62 Å². The molecular weight excluding hydrogens is 614 g/mol. The first kappa shape index (κ1) is 31.6. The van der Waals surface area contributed by atoms with Crippen molar-refractivity contribution in [3.63, 3.8) is 0 Å². The zero-order chi connectivity index (χ0) is 29.8. The summed E-state index contributed by atoms with van der Waals surface area (Å²) in [6.07, 6.45) is 0. The van der Waals surface area contributed by atoms with Crippen LogP contribution in [0.1, 0.15) is 44.4 Å². The van der Waals surface area contributed by atoms with Crippen molar-refractivity contribution in [2.24, 2.45) is 0 Å². The van der Waals surface area contributed by atoms with Gasteiger partial charge in [-0.3, -0.25) is 13.9 Å². The highest BCUT2D eigenvalue weighted by molar-refractivity contribution is 9.10. The maximum atomic E-state index is 14.0. The second-order valence-corrected chi connectivity index (χ2v) is 14.0. The molecular formula is C30H35BrClN3O4S. The number of nitrogens with one attached hydrogen (secondary N) is 1. The van der Waals surface area contributed by atoms with E-state index < -0.39 is 34.1 Å². The molecule has 214 valence electrons. The molecule has 0 bridgehead atoms. The Labute approximate surface area is 250 Å². The standard InChI is InChI=1S/C30H35BrClN3O4S/c1-20-7-15-26(16-8-20)40(38,39)35(27-17-25(32)14-9-21(27)2)19-28(36)34(18-23-10-12-24(31)13-11-23)22(3)29(37)33-30(4,5)6/h7-17,22H,18-19H2,1-6H3,(H,33,37)/t22-/m0/s1. The highest BCUT2D eigenvalue weighted by atomic mass is 79.9. The number of nitrogens with zero attached hydrogens (tertiary/aromatic N) is 2. The van der Waals surface area contributed by atoms with Crippen molar-refractivity contribution >= 4 is 55.1 Å². The molecule has 0 saturated heterocycles. The van der Waals surface area contributed by atoms with Crippen molar-refractivity contribution in [2.45, 2.75) is 64.6 Å². The van der Waals surface area contributed by atoms with Crippen LogP contribution in [-0.4, -0.2) is 43.3 Å². The van der Waals surface area contributed by atoms with Crippen molar-refractivity contribution < 1.29 is 18.0 Å². The monoisotopic (exact) mass is 647 g/mol. The normalized spacial score (nSPS) is 12.5.